The number of rotatable bonds is 2. The zero-order chi connectivity index (χ0) is 11.5. The maximum absolute atomic E-state index is 11.5. The second kappa shape index (κ2) is 4.23. The third-order valence-electron chi connectivity index (χ3n) is 2.73. The van der Waals surface area contributed by atoms with Gasteiger partial charge in [0.15, 0.2) is 0 Å². The van der Waals surface area contributed by atoms with E-state index in [2.05, 4.69) is 5.32 Å². The largest absolute Gasteiger partial charge is 0.329 e. The van der Waals surface area contributed by atoms with Crippen LogP contribution in [0.15, 0.2) is 24.3 Å². The molecule has 16 heavy (non-hydrogen) atoms. The SMILES string of the molecule is Cc1ccc(C2CN(CC#N)C(=O)N2)cc1. The monoisotopic (exact) mass is 215 g/mol. The van der Waals surface area contributed by atoms with Crippen molar-refractivity contribution in [3.63, 3.8) is 0 Å². The zero-order valence-corrected chi connectivity index (χ0v) is 9.10. The first kappa shape index (κ1) is 10.5. The summed E-state index contributed by atoms with van der Waals surface area (Å²) in [7, 11) is 0. The van der Waals surface area contributed by atoms with Crippen molar-refractivity contribution in [2.24, 2.45) is 0 Å². The highest BCUT2D eigenvalue weighted by molar-refractivity contribution is 5.77. The predicted octanol–water partition coefficient (Wildman–Crippen LogP) is 1.58. The molecule has 1 N–H and O–H groups in total. The third-order valence-corrected chi connectivity index (χ3v) is 2.73. The number of aryl methyl sites for hydroxylation is 1. The molecule has 0 saturated carbocycles. The first-order valence-electron chi connectivity index (χ1n) is 5.19. The van der Waals surface area contributed by atoms with E-state index >= 15 is 0 Å². The number of nitrogens with zero attached hydrogens (tertiary/aromatic N) is 2. The highest BCUT2D eigenvalue weighted by Crippen LogP contribution is 2.20. The summed E-state index contributed by atoms with van der Waals surface area (Å²) in [6, 6.07) is 9.89. The number of benzene rings is 1. The Bertz CT molecular complexity index is 433. The smallest absolute Gasteiger partial charge is 0.318 e. The minimum atomic E-state index is -0.160. The molecular weight excluding hydrogens is 202 g/mol. The van der Waals surface area contributed by atoms with Crippen molar-refractivity contribution in [1.29, 1.82) is 5.26 Å². The van der Waals surface area contributed by atoms with Crippen LogP contribution >= 0.6 is 0 Å². The fourth-order valence-corrected chi connectivity index (χ4v) is 1.80. The van der Waals surface area contributed by atoms with Crippen LogP contribution in [0.3, 0.4) is 0 Å². The molecule has 0 radical (unpaired) electrons. The van der Waals surface area contributed by atoms with Crippen LogP contribution in [0.5, 0.6) is 0 Å². The van der Waals surface area contributed by atoms with Gasteiger partial charge >= 0.3 is 6.03 Å². The highest BCUT2D eigenvalue weighted by atomic mass is 16.2. The summed E-state index contributed by atoms with van der Waals surface area (Å²) >= 11 is 0. The Morgan fingerprint density at radius 2 is 2.19 bits per heavy atom. The summed E-state index contributed by atoms with van der Waals surface area (Å²) in [5.74, 6) is 0. The van der Waals surface area contributed by atoms with E-state index in [-0.39, 0.29) is 18.6 Å². The molecule has 0 aliphatic carbocycles. The summed E-state index contributed by atoms with van der Waals surface area (Å²) in [5.41, 5.74) is 2.28. The Morgan fingerprint density at radius 1 is 1.50 bits per heavy atom. The molecule has 1 aliphatic rings. The minimum absolute atomic E-state index is 0.00134. The summed E-state index contributed by atoms with van der Waals surface area (Å²) in [6.07, 6.45) is 0. The number of carbonyl (C=O) groups excluding carboxylic acids is 1. The molecule has 4 nitrogen and oxygen atoms in total. The first-order valence-corrected chi connectivity index (χ1v) is 5.19. The predicted molar refractivity (Wildman–Crippen MR) is 59.6 cm³/mol. The van der Waals surface area contributed by atoms with Gasteiger partial charge < -0.3 is 10.2 Å². The highest BCUT2D eigenvalue weighted by Gasteiger charge is 2.29. The van der Waals surface area contributed by atoms with Crippen molar-refractivity contribution in [2.75, 3.05) is 13.1 Å². The summed E-state index contributed by atoms with van der Waals surface area (Å²) in [5, 5.41) is 11.4. The van der Waals surface area contributed by atoms with Gasteiger partial charge in [-0.2, -0.15) is 5.26 Å². The fourth-order valence-electron chi connectivity index (χ4n) is 1.80. The number of hydrogen-bond acceptors (Lipinski definition) is 2. The van der Waals surface area contributed by atoms with Crippen molar-refractivity contribution in [3.05, 3.63) is 35.4 Å². The fraction of sp³-hybridized carbons (Fsp3) is 0.333. The van der Waals surface area contributed by atoms with Crippen LogP contribution in [0.25, 0.3) is 0 Å². The molecule has 0 aromatic heterocycles. The Morgan fingerprint density at radius 3 is 2.81 bits per heavy atom. The van der Waals surface area contributed by atoms with Crippen molar-refractivity contribution in [3.8, 4) is 6.07 Å². The molecule has 1 atom stereocenters. The van der Waals surface area contributed by atoms with Crippen LogP contribution in [-0.2, 0) is 0 Å². The molecule has 4 heteroatoms. The van der Waals surface area contributed by atoms with Crippen LogP contribution in [0.2, 0.25) is 0 Å². The number of urea groups is 1. The first-order chi connectivity index (χ1) is 7.70. The summed E-state index contributed by atoms with van der Waals surface area (Å²) in [4.78, 5) is 13.0. The van der Waals surface area contributed by atoms with Gasteiger partial charge in [0.1, 0.15) is 6.54 Å². The van der Waals surface area contributed by atoms with E-state index in [1.165, 1.54) is 10.5 Å². The molecule has 1 fully saturated rings. The Kier molecular flexibility index (Phi) is 2.78. The van der Waals surface area contributed by atoms with Crippen molar-refractivity contribution in [1.82, 2.24) is 10.2 Å². The van der Waals surface area contributed by atoms with E-state index in [1.807, 2.05) is 37.3 Å². The molecule has 82 valence electrons. The Hall–Kier alpha value is -2.02. The lowest BCUT2D eigenvalue weighted by molar-refractivity contribution is 0.222. The topological polar surface area (TPSA) is 56.1 Å². The summed E-state index contributed by atoms with van der Waals surface area (Å²) < 4.78 is 0. The van der Waals surface area contributed by atoms with E-state index in [9.17, 15) is 4.79 Å². The second-order valence-corrected chi connectivity index (χ2v) is 3.95. The van der Waals surface area contributed by atoms with Crippen molar-refractivity contribution < 1.29 is 4.79 Å². The minimum Gasteiger partial charge on any atom is -0.329 e. The van der Waals surface area contributed by atoms with Crippen LogP contribution < -0.4 is 5.32 Å². The lowest BCUT2D eigenvalue weighted by Crippen LogP contribution is -2.28. The van der Waals surface area contributed by atoms with Crippen molar-refractivity contribution >= 4 is 6.03 Å². The number of nitrogens with one attached hydrogen (secondary N) is 1. The van der Waals surface area contributed by atoms with E-state index in [4.69, 9.17) is 5.26 Å². The lowest BCUT2D eigenvalue weighted by atomic mass is 10.1. The van der Waals surface area contributed by atoms with E-state index in [0.29, 0.717) is 6.54 Å². The molecule has 1 aromatic rings. The molecule has 1 unspecified atom stereocenters. The van der Waals surface area contributed by atoms with Crippen LogP contribution in [0.4, 0.5) is 4.79 Å². The Labute approximate surface area is 94.5 Å². The van der Waals surface area contributed by atoms with Gasteiger partial charge in [-0.15, -0.1) is 0 Å². The third kappa shape index (κ3) is 1.98. The standard InChI is InChI=1S/C12H13N3O/c1-9-2-4-10(5-3-9)11-8-15(7-6-13)12(16)14-11/h2-5,11H,7-8H2,1H3,(H,14,16). The van der Waals surface area contributed by atoms with Crippen LogP contribution in [0, 0.1) is 18.3 Å². The number of nitriles is 1. The van der Waals surface area contributed by atoms with Crippen molar-refractivity contribution in [2.45, 2.75) is 13.0 Å². The molecule has 0 spiro atoms. The van der Waals surface area contributed by atoms with Gasteiger partial charge in [0.25, 0.3) is 0 Å². The summed E-state index contributed by atoms with van der Waals surface area (Å²) in [6.45, 7) is 2.74. The quantitative estimate of drug-likeness (QED) is 0.761. The van der Waals surface area contributed by atoms with E-state index in [0.717, 1.165) is 5.56 Å². The van der Waals surface area contributed by atoms with Gasteiger partial charge in [0.2, 0.25) is 0 Å². The van der Waals surface area contributed by atoms with Gasteiger partial charge in [0, 0.05) is 6.54 Å². The molecule has 1 heterocycles. The normalized spacial score (nSPS) is 19.4. The van der Waals surface area contributed by atoms with E-state index < -0.39 is 0 Å². The van der Waals surface area contributed by atoms with Gasteiger partial charge in [-0.3, -0.25) is 0 Å². The van der Waals surface area contributed by atoms with Crippen LogP contribution in [-0.4, -0.2) is 24.0 Å². The zero-order valence-electron chi connectivity index (χ0n) is 9.10. The molecule has 2 rings (SSSR count). The van der Waals surface area contributed by atoms with Crippen LogP contribution in [0.1, 0.15) is 17.2 Å². The van der Waals surface area contributed by atoms with E-state index in [1.54, 1.807) is 0 Å². The van der Waals surface area contributed by atoms with Gasteiger partial charge in [-0.25, -0.2) is 4.79 Å². The average molecular weight is 215 g/mol. The number of carbonyl (C=O) groups is 1. The maximum Gasteiger partial charge on any atom is 0.318 e. The molecule has 1 aromatic carbocycles. The maximum atomic E-state index is 11.5. The molecular formula is C12H13N3O. The van der Waals surface area contributed by atoms with Gasteiger partial charge in [0.05, 0.1) is 12.1 Å². The van der Waals surface area contributed by atoms with Gasteiger partial charge in [-0.05, 0) is 12.5 Å². The lowest BCUT2D eigenvalue weighted by Gasteiger charge is -2.10. The molecule has 0 bridgehead atoms. The average Bonchev–Trinajstić information content (AvgIpc) is 2.62. The molecule has 1 saturated heterocycles. The second-order valence-electron chi connectivity index (χ2n) is 3.95. The Balaban J connectivity index is 2.11. The molecule has 2 amide bonds. The molecule has 1 aliphatic heterocycles. The van der Waals surface area contributed by atoms with Gasteiger partial charge in [-0.1, -0.05) is 29.8 Å². The number of hydrogen-bond donors (Lipinski definition) is 1. The number of amides is 2.